The second-order valence-corrected chi connectivity index (χ2v) is 10.0. The van der Waals surface area contributed by atoms with Gasteiger partial charge in [0.15, 0.2) is 0 Å². The normalized spacial score (nSPS) is 27.4. The molecule has 26 heavy (non-hydrogen) atoms. The molecule has 2 aliphatic heterocycles. The number of hydrogen-bond donors (Lipinski definition) is 0. The molecular weight excluding hydrogens is 355 g/mol. The molecule has 1 aromatic carbocycles. The van der Waals surface area contributed by atoms with Gasteiger partial charge in [0.05, 0.1) is 11.2 Å². The first-order valence-corrected chi connectivity index (χ1v) is 11.0. The summed E-state index contributed by atoms with van der Waals surface area (Å²) >= 11 is 0. The van der Waals surface area contributed by atoms with E-state index in [1.165, 1.54) is 41.4 Å². The molecule has 0 bridgehead atoms. The summed E-state index contributed by atoms with van der Waals surface area (Å²) in [6.45, 7) is 2.32. The highest BCUT2D eigenvalue weighted by atomic mass is 32.2. The molecule has 2 saturated heterocycles. The predicted octanol–water partition coefficient (Wildman–Crippen LogP) is 2.38. The summed E-state index contributed by atoms with van der Waals surface area (Å²) in [4.78, 5) is 15.0. The first kappa shape index (κ1) is 17.9. The Morgan fingerprint density at radius 1 is 1.12 bits per heavy atom. The third-order valence-corrected chi connectivity index (χ3v) is 7.77. The summed E-state index contributed by atoms with van der Waals surface area (Å²) in [6.07, 6.45) is 4.74. The summed E-state index contributed by atoms with van der Waals surface area (Å²) in [5.41, 5.74) is 0.0286. The van der Waals surface area contributed by atoms with Crippen LogP contribution in [0.2, 0.25) is 0 Å². The second-order valence-electron chi connectivity index (χ2n) is 8.04. The molecule has 0 aromatic heterocycles. The van der Waals surface area contributed by atoms with Crippen molar-refractivity contribution in [1.82, 2.24) is 9.21 Å². The van der Waals surface area contributed by atoms with E-state index in [1.807, 2.05) is 4.90 Å². The van der Waals surface area contributed by atoms with Gasteiger partial charge < -0.3 is 4.90 Å². The molecule has 1 amide bonds. The van der Waals surface area contributed by atoms with Crippen LogP contribution in [0, 0.1) is 17.2 Å². The van der Waals surface area contributed by atoms with Gasteiger partial charge in [0.25, 0.3) is 0 Å². The lowest BCUT2D eigenvalue weighted by Crippen LogP contribution is -2.51. The Morgan fingerprint density at radius 3 is 2.54 bits per heavy atom. The summed E-state index contributed by atoms with van der Waals surface area (Å²) in [5.74, 6) is 0.266. The van der Waals surface area contributed by atoms with Crippen LogP contribution in [-0.4, -0.2) is 49.7 Å². The molecular formula is C19H25FN2O3S. The maximum absolute atomic E-state index is 13.0. The molecule has 1 aromatic rings. The smallest absolute Gasteiger partial charge is 0.230 e. The summed E-state index contributed by atoms with van der Waals surface area (Å²) in [7, 11) is -3.51. The number of sulfonamides is 1. The van der Waals surface area contributed by atoms with Gasteiger partial charge in [0.1, 0.15) is 5.82 Å². The fourth-order valence-electron chi connectivity index (χ4n) is 4.27. The Hall–Kier alpha value is -1.47. The Balaban J connectivity index is 1.46. The van der Waals surface area contributed by atoms with E-state index >= 15 is 0 Å². The largest absolute Gasteiger partial charge is 0.342 e. The third-order valence-electron chi connectivity index (χ3n) is 5.97. The van der Waals surface area contributed by atoms with Crippen LogP contribution in [0.15, 0.2) is 24.3 Å². The van der Waals surface area contributed by atoms with Gasteiger partial charge in [-0.1, -0.05) is 12.1 Å². The van der Waals surface area contributed by atoms with Crippen molar-refractivity contribution in [3.8, 4) is 0 Å². The molecule has 0 N–H and O–H groups in total. The van der Waals surface area contributed by atoms with E-state index in [-0.39, 0.29) is 24.0 Å². The number of carbonyl (C=O) groups excluding carboxylic acids is 1. The van der Waals surface area contributed by atoms with E-state index < -0.39 is 15.4 Å². The lowest BCUT2D eigenvalue weighted by atomic mass is 9.78. The molecule has 1 spiro atoms. The van der Waals surface area contributed by atoms with Crippen molar-refractivity contribution >= 4 is 15.9 Å². The van der Waals surface area contributed by atoms with Crippen molar-refractivity contribution in [3.05, 3.63) is 35.6 Å². The van der Waals surface area contributed by atoms with Crippen LogP contribution < -0.4 is 0 Å². The van der Waals surface area contributed by atoms with E-state index in [4.69, 9.17) is 0 Å². The van der Waals surface area contributed by atoms with Crippen molar-refractivity contribution in [2.75, 3.05) is 26.2 Å². The topological polar surface area (TPSA) is 57.7 Å². The average molecular weight is 380 g/mol. The van der Waals surface area contributed by atoms with Gasteiger partial charge in [-0.2, -0.15) is 0 Å². The van der Waals surface area contributed by atoms with Gasteiger partial charge in [-0.25, -0.2) is 17.1 Å². The summed E-state index contributed by atoms with van der Waals surface area (Å²) in [5, 5.41) is 0. The lowest BCUT2D eigenvalue weighted by molar-refractivity contribution is -0.145. The van der Waals surface area contributed by atoms with Gasteiger partial charge in [-0.15, -0.1) is 0 Å². The van der Waals surface area contributed by atoms with Gasteiger partial charge in [0.2, 0.25) is 15.9 Å². The molecule has 7 heteroatoms. The minimum Gasteiger partial charge on any atom is -0.342 e. The molecule has 3 fully saturated rings. The van der Waals surface area contributed by atoms with Gasteiger partial charge in [0, 0.05) is 26.2 Å². The van der Waals surface area contributed by atoms with Crippen LogP contribution in [0.4, 0.5) is 4.39 Å². The monoisotopic (exact) mass is 380 g/mol. The Kier molecular flexibility index (Phi) is 4.55. The Labute approximate surface area is 154 Å². The number of likely N-dealkylation sites (tertiary alicyclic amines) is 1. The van der Waals surface area contributed by atoms with E-state index in [0.29, 0.717) is 24.4 Å². The quantitative estimate of drug-likeness (QED) is 0.788. The van der Waals surface area contributed by atoms with Gasteiger partial charge in [-0.05, 0) is 55.7 Å². The number of hydrogen-bond acceptors (Lipinski definition) is 3. The number of rotatable bonds is 5. The summed E-state index contributed by atoms with van der Waals surface area (Å²) < 4.78 is 40.1. The lowest BCUT2D eigenvalue weighted by Gasteiger charge is -2.39. The molecule has 142 valence electrons. The van der Waals surface area contributed by atoms with Crippen molar-refractivity contribution in [2.45, 2.75) is 37.9 Å². The maximum atomic E-state index is 13.0. The standard InChI is InChI=1S/C19H25FN2O3S/c20-17-6-4-16(5-7-17)13-26(24,25)22-11-9-19(14-22)8-1-10-21(18(19)23)12-15-2-3-15/h4-7,15H,1-3,8-14H2/t19-/m0/s1. The molecule has 0 radical (unpaired) electrons. The predicted molar refractivity (Wildman–Crippen MR) is 96.2 cm³/mol. The number of nitrogens with zero attached hydrogens (tertiary/aromatic N) is 2. The molecule has 1 atom stereocenters. The number of carbonyl (C=O) groups is 1. The highest BCUT2D eigenvalue weighted by Gasteiger charge is 2.51. The summed E-state index contributed by atoms with van der Waals surface area (Å²) in [6, 6.07) is 5.55. The average Bonchev–Trinajstić information content (AvgIpc) is 3.31. The van der Waals surface area contributed by atoms with Crippen molar-refractivity contribution in [1.29, 1.82) is 0 Å². The molecule has 0 unspecified atom stereocenters. The highest BCUT2D eigenvalue weighted by molar-refractivity contribution is 7.88. The Morgan fingerprint density at radius 2 is 1.85 bits per heavy atom. The number of halogens is 1. The van der Waals surface area contributed by atoms with Crippen LogP contribution in [0.3, 0.4) is 0 Å². The van der Waals surface area contributed by atoms with E-state index in [2.05, 4.69) is 0 Å². The molecule has 3 aliphatic rings. The zero-order valence-electron chi connectivity index (χ0n) is 14.9. The van der Waals surface area contributed by atoms with E-state index in [0.717, 1.165) is 25.9 Å². The minimum absolute atomic E-state index is 0.148. The zero-order chi connectivity index (χ0) is 18.4. The van der Waals surface area contributed by atoms with Gasteiger partial charge in [-0.3, -0.25) is 4.79 Å². The molecule has 1 aliphatic carbocycles. The van der Waals surface area contributed by atoms with Crippen LogP contribution in [0.1, 0.15) is 37.7 Å². The third kappa shape index (κ3) is 3.51. The Bertz CT molecular complexity index is 792. The second kappa shape index (κ2) is 6.60. The van der Waals surface area contributed by atoms with Crippen molar-refractivity contribution in [3.63, 3.8) is 0 Å². The van der Waals surface area contributed by atoms with Gasteiger partial charge >= 0.3 is 0 Å². The first-order chi connectivity index (χ1) is 12.4. The molecule has 4 rings (SSSR count). The fourth-order valence-corrected chi connectivity index (χ4v) is 5.88. The van der Waals surface area contributed by atoms with E-state index in [1.54, 1.807) is 0 Å². The van der Waals surface area contributed by atoms with E-state index in [9.17, 15) is 17.6 Å². The number of amides is 1. The fraction of sp³-hybridized carbons (Fsp3) is 0.632. The van der Waals surface area contributed by atoms with Crippen LogP contribution >= 0.6 is 0 Å². The van der Waals surface area contributed by atoms with Crippen LogP contribution in [-0.2, 0) is 20.6 Å². The molecule has 1 saturated carbocycles. The molecule has 2 heterocycles. The number of piperidine rings is 1. The van der Waals surface area contributed by atoms with Crippen LogP contribution in [0.25, 0.3) is 0 Å². The zero-order valence-corrected chi connectivity index (χ0v) is 15.7. The van der Waals surface area contributed by atoms with Crippen molar-refractivity contribution in [2.24, 2.45) is 11.3 Å². The SMILES string of the molecule is O=C1N(CC2CC2)CCC[C@@]12CCN(S(=O)(=O)Cc1ccc(F)cc1)C2. The molecule has 5 nitrogen and oxygen atoms in total. The minimum atomic E-state index is -3.51. The highest BCUT2D eigenvalue weighted by Crippen LogP contribution is 2.42. The van der Waals surface area contributed by atoms with Crippen molar-refractivity contribution < 1.29 is 17.6 Å². The maximum Gasteiger partial charge on any atom is 0.230 e. The number of benzene rings is 1. The first-order valence-electron chi connectivity index (χ1n) is 9.40. The van der Waals surface area contributed by atoms with Crippen LogP contribution in [0.5, 0.6) is 0 Å².